The van der Waals surface area contributed by atoms with Crippen LogP contribution in [0.15, 0.2) is 29.8 Å². The molecule has 0 saturated carbocycles. The highest BCUT2D eigenvalue weighted by molar-refractivity contribution is 5.97. The van der Waals surface area contributed by atoms with Crippen molar-refractivity contribution >= 4 is 17.7 Å². The van der Waals surface area contributed by atoms with Gasteiger partial charge in [0, 0.05) is 18.8 Å². The van der Waals surface area contributed by atoms with Gasteiger partial charge in [0.25, 0.3) is 0 Å². The third kappa shape index (κ3) is 4.07. The van der Waals surface area contributed by atoms with Gasteiger partial charge < -0.3 is 14.4 Å². The number of hydrogen-bond acceptors (Lipinski definition) is 5. The number of rotatable bonds is 4. The SMILES string of the molecule is CCOC(=O)/C(C#N)=C\c1ccc(N2CCOCC2)cc1. The lowest BCUT2D eigenvalue weighted by molar-refractivity contribution is -0.137. The Morgan fingerprint density at radius 1 is 1.38 bits per heavy atom. The maximum absolute atomic E-state index is 11.6. The van der Waals surface area contributed by atoms with E-state index in [0.717, 1.165) is 37.6 Å². The molecule has 1 aromatic rings. The summed E-state index contributed by atoms with van der Waals surface area (Å²) in [6, 6.07) is 9.62. The van der Waals surface area contributed by atoms with Crippen molar-refractivity contribution in [1.82, 2.24) is 0 Å². The number of hydrogen-bond donors (Lipinski definition) is 0. The molecule has 1 aliphatic rings. The Kier molecular flexibility index (Phi) is 5.35. The van der Waals surface area contributed by atoms with Crippen LogP contribution in [0.1, 0.15) is 12.5 Å². The zero-order chi connectivity index (χ0) is 15.1. The monoisotopic (exact) mass is 286 g/mol. The first-order chi connectivity index (χ1) is 10.2. The first-order valence-corrected chi connectivity index (χ1v) is 6.96. The van der Waals surface area contributed by atoms with Crippen LogP contribution in [0.25, 0.3) is 6.08 Å². The Morgan fingerprint density at radius 3 is 2.62 bits per heavy atom. The second-order valence-corrected chi connectivity index (χ2v) is 4.58. The minimum Gasteiger partial charge on any atom is -0.462 e. The summed E-state index contributed by atoms with van der Waals surface area (Å²) in [5.41, 5.74) is 1.93. The van der Waals surface area contributed by atoms with Crippen molar-refractivity contribution in [2.24, 2.45) is 0 Å². The topological polar surface area (TPSA) is 62.6 Å². The number of nitriles is 1. The van der Waals surface area contributed by atoms with Crippen molar-refractivity contribution in [2.45, 2.75) is 6.92 Å². The van der Waals surface area contributed by atoms with Gasteiger partial charge in [0.2, 0.25) is 0 Å². The van der Waals surface area contributed by atoms with Gasteiger partial charge in [-0.1, -0.05) is 12.1 Å². The first-order valence-electron chi connectivity index (χ1n) is 6.96. The van der Waals surface area contributed by atoms with Gasteiger partial charge in [-0.25, -0.2) is 4.79 Å². The van der Waals surface area contributed by atoms with Gasteiger partial charge in [0.05, 0.1) is 19.8 Å². The molecule has 1 aliphatic heterocycles. The molecule has 1 fully saturated rings. The molecule has 0 atom stereocenters. The highest BCUT2D eigenvalue weighted by Crippen LogP contribution is 2.18. The van der Waals surface area contributed by atoms with Gasteiger partial charge in [-0.2, -0.15) is 5.26 Å². The van der Waals surface area contributed by atoms with E-state index in [0.29, 0.717) is 0 Å². The van der Waals surface area contributed by atoms with Crippen LogP contribution < -0.4 is 4.90 Å². The van der Waals surface area contributed by atoms with Crippen LogP contribution in [-0.2, 0) is 14.3 Å². The first kappa shape index (κ1) is 15.1. The van der Waals surface area contributed by atoms with E-state index in [9.17, 15) is 4.79 Å². The summed E-state index contributed by atoms with van der Waals surface area (Å²) in [6.07, 6.45) is 1.54. The summed E-state index contributed by atoms with van der Waals surface area (Å²) in [7, 11) is 0. The van der Waals surface area contributed by atoms with Crippen LogP contribution in [0.2, 0.25) is 0 Å². The molecule has 2 rings (SSSR count). The molecule has 0 unspecified atom stereocenters. The summed E-state index contributed by atoms with van der Waals surface area (Å²) in [5, 5.41) is 9.00. The van der Waals surface area contributed by atoms with Crippen molar-refractivity contribution in [2.75, 3.05) is 37.8 Å². The van der Waals surface area contributed by atoms with Crippen LogP contribution in [0.5, 0.6) is 0 Å². The average molecular weight is 286 g/mol. The van der Waals surface area contributed by atoms with Crippen molar-refractivity contribution in [3.63, 3.8) is 0 Å². The van der Waals surface area contributed by atoms with Crippen LogP contribution in [0.4, 0.5) is 5.69 Å². The summed E-state index contributed by atoms with van der Waals surface area (Å²) < 4.78 is 10.2. The number of carbonyl (C=O) groups is 1. The maximum atomic E-state index is 11.6. The summed E-state index contributed by atoms with van der Waals surface area (Å²) in [5.74, 6) is -0.586. The third-order valence-electron chi connectivity index (χ3n) is 3.20. The van der Waals surface area contributed by atoms with E-state index >= 15 is 0 Å². The number of morpholine rings is 1. The van der Waals surface area contributed by atoms with Gasteiger partial charge in [0.1, 0.15) is 11.6 Å². The third-order valence-corrected chi connectivity index (χ3v) is 3.20. The normalized spacial score (nSPS) is 15.4. The molecular formula is C16H18N2O3. The number of ether oxygens (including phenoxy) is 2. The molecule has 1 heterocycles. The smallest absolute Gasteiger partial charge is 0.348 e. The summed E-state index contributed by atoms with van der Waals surface area (Å²) in [6.45, 7) is 5.20. The molecule has 0 bridgehead atoms. The molecule has 0 aliphatic carbocycles. The Hall–Kier alpha value is -2.32. The highest BCUT2D eigenvalue weighted by atomic mass is 16.5. The van der Waals surface area contributed by atoms with E-state index in [4.69, 9.17) is 14.7 Å². The lowest BCUT2D eigenvalue weighted by atomic mass is 10.1. The number of nitrogens with zero attached hydrogens (tertiary/aromatic N) is 2. The molecule has 5 nitrogen and oxygen atoms in total. The van der Waals surface area contributed by atoms with Gasteiger partial charge in [-0.15, -0.1) is 0 Å². The fraction of sp³-hybridized carbons (Fsp3) is 0.375. The standard InChI is InChI=1S/C16H18N2O3/c1-2-21-16(19)14(12-17)11-13-3-5-15(6-4-13)18-7-9-20-10-8-18/h3-6,11H,2,7-10H2,1H3/b14-11-. The minimum atomic E-state index is -0.586. The van der Waals surface area contributed by atoms with Crippen molar-refractivity contribution in [3.8, 4) is 6.07 Å². The fourth-order valence-electron chi connectivity index (χ4n) is 2.12. The average Bonchev–Trinajstić information content (AvgIpc) is 2.54. The molecule has 110 valence electrons. The van der Waals surface area contributed by atoms with E-state index in [-0.39, 0.29) is 12.2 Å². The number of carbonyl (C=O) groups excluding carboxylic acids is 1. The van der Waals surface area contributed by atoms with Gasteiger partial charge >= 0.3 is 5.97 Å². The van der Waals surface area contributed by atoms with Crippen LogP contribution in [-0.4, -0.2) is 38.9 Å². The molecule has 0 aromatic heterocycles. The molecule has 0 radical (unpaired) electrons. The van der Waals surface area contributed by atoms with Crippen LogP contribution >= 0.6 is 0 Å². The van der Waals surface area contributed by atoms with Gasteiger partial charge in [-0.05, 0) is 30.7 Å². The second kappa shape index (κ2) is 7.46. The fourth-order valence-corrected chi connectivity index (χ4v) is 2.12. The van der Waals surface area contributed by atoms with Crippen molar-refractivity contribution in [1.29, 1.82) is 5.26 Å². The summed E-state index contributed by atoms with van der Waals surface area (Å²) in [4.78, 5) is 13.8. The number of benzene rings is 1. The summed E-state index contributed by atoms with van der Waals surface area (Å²) >= 11 is 0. The van der Waals surface area contributed by atoms with Gasteiger partial charge in [0.15, 0.2) is 0 Å². The Morgan fingerprint density at radius 2 is 2.05 bits per heavy atom. The quantitative estimate of drug-likeness (QED) is 0.481. The van der Waals surface area contributed by atoms with Crippen molar-refractivity contribution < 1.29 is 14.3 Å². The highest BCUT2D eigenvalue weighted by Gasteiger charge is 2.12. The van der Waals surface area contributed by atoms with E-state index in [1.165, 1.54) is 0 Å². The van der Waals surface area contributed by atoms with E-state index in [1.807, 2.05) is 30.3 Å². The molecule has 5 heteroatoms. The van der Waals surface area contributed by atoms with E-state index < -0.39 is 5.97 Å². The van der Waals surface area contributed by atoms with E-state index in [2.05, 4.69) is 4.90 Å². The molecule has 1 aromatic carbocycles. The number of anilines is 1. The predicted molar refractivity (Wildman–Crippen MR) is 79.7 cm³/mol. The zero-order valence-corrected chi connectivity index (χ0v) is 12.0. The largest absolute Gasteiger partial charge is 0.462 e. The molecular weight excluding hydrogens is 268 g/mol. The predicted octanol–water partition coefficient (Wildman–Crippen LogP) is 1.99. The number of esters is 1. The zero-order valence-electron chi connectivity index (χ0n) is 12.0. The van der Waals surface area contributed by atoms with Crippen LogP contribution in [0.3, 0.4) is 0 Å². The maximum Gasteiger partial charge on any atom is 0.348 e. The van der Waals surface area contributed by atoms with E-state index in [1.54, 1.807) is 13.0 Å². The molecule has 21 heavy (non-hydrogen) atoms. The molecule has 0 spiro atoms. The minimum absolute atomic E-state index is 0.0102. The second-order valence-electron chi connectivity index (χ2n) is 4.58. The molecule has 0 N–H and O–H groups in total. The Bertz CT molecular complexity index is 552. The van der Waals surface area contributed by atoms with Crippen molar-refractivity contribution in [3.05, 3.63) is 35.4 Å². The van der Waals surface area contributed by atoms with Gasteiger partial charge in [-0.3, -0.25) is 0 Å². The lowest BCUT2D eigenvalue weighted by Crippen LogP contribution is -2.36. The lowest BCUT2D eigenvalue weighted by Gasteiger charge is -2.28. The molecule has 0 amide bonds. The molecule has 1 saturated heterocycles. The van der Waals surface area contributed by atoms with Crippen LogP contribution in [0, 0.1) is 11.3 Å². The Balaban J connectivity index is 2.10. The Labute approximate surface area is 124 Å².